The van der Waals surface area contributed by atoms with Crippen molar-refractivity contribution in [1.82, 2.24) is 4.98 Å². The molecule has 6 nitrogen and oxygen atoms in total. The van der Waals surface area contributed by atoms with E-state index >= 15 is 0 Å². The summed E-state index contributed by atoms with van der Waals surface area (Å²) < 4.78 is 25.1. The van der Waals surface area contributed by atoms with Crippen molar-refractivity contribution in [3.8, 4) is 11.3 Å². The number of amides is 1. The van der Waals surface area contributed by atoms with E-state index in [2.05, 4.69) is 10.0 Å². The molecule has 156 valence electrons. The van der Waals surface area contributed by atoms with Gasteiger partial charge in [0, 0.05) is 22.3 Å². The molecule has 0 radical (unpaired) electrons. The standard InChI is InChI=1S/C24H21N3O3S/c1-16-8-13-22-20(14-16)21(15-23(26-22)17-6-4-3-5-7-17)24(28)25-18-9-11-19(12-10-18)27-31(2,29)30/h3-15,27H,1-2H3,(H,25,28). The van der Waals surface area contributed by atoms with Crippen molar-refractivity contribution in [2.75, 3.05) is 16.3 Å². The maximum absolute atomic E-state index is 13.2. The average molecular weight is 432 g/mol. The van der Waals surface area contributed by atoms with Crippen molar-refractivity contribution in [3.05, 3.63) is 90.0 Å². The van der Waals surface area contributed by atoms with Gasteiger partial charge in [0.05, 0.1) is 23.0 Å². The minimum absolute atomic E-state index is 0.265. The van der Waals surface area contributed by atoms with Gasteiger partial charge in [-0.25, -0.2) is 13.4 Å². The van der Waals surface area contributed by atoms with Crippen LogP contribution in [0.5, 0.6) is 0 Å². The molecule has 0 aliphatic carbocycles. The normalized spacial score (nSPS) is 11.3. The van der Waals surface area contributed by atoms with E-state index < -0.39 is 10.0 Å². The SMILES string of the molecule is Cc1ccc2nc(-c3ccccc3)cc(C(=O)Nc3ccc(NS(C)(=O)=O)cc3)c2c1. The topological polar surface area (TPSA) is 88.2 Å². The van der Waals surface area contributed by atoms with Crippen molar-refractivity contribution in [2.24, 2.45) is 0 Å². The summed E-state index contributed by atoms with van der Waals surface area (Å²) in [4.78, 5) is 17.9. The van der Waals surface area contributed by atoms with Gasteiger partial charge >= 0.3 is 0 Å². The number of hydrogen-bond acceptors (Lipinski definition) is 4. The van der Waals surface area contributed by atoms with Gasteiger partial charge in [-0.1, -0.05) is 42.0 Å². The fourth-order valence-electron chi connectivity index (χ4n) is 3.32. The second-order valence-corrected chi connectivity index (χ2v) is 9.10. The summed E-state index contributed by atoms with van der Waals surface area (Å²) >= 11 is 0. The number of pyridine rings is 1. The highest BCUT2D eigenvalue weighted by Crippen LogP contribution is 2.26. The summed E-state index contributed by atoms with van der Waals surface area (Å²) in [7, 11) is -3.36. The van der Waals surface area contributed by atoms with E-state index in [4.69, 9.17) is 4.98 Å². The minimum Gasteiger partial charge on any atom is -0.322 e. The Morgan fingerprint density at radius 3 is 2.23 bits per heavy atom. The number of benzene rings is 3. The number of hydrogen-bond donors (Lipinski definition) is 2. The second-order valence-electron chi connectivity index (χ2n) is 7.35. The predicted octanol–water partition coefficient (Wildman–Crippen LogP) is 4.83. The summed E-state index contributed by atoms with van der Waals surface area (Å²) in [5.74, 6) is -0.265. The van der Waals surface area contributed by atoms with Crippen LogP contribution in [-0.4, -0.2) is 25.6 Å². The largest absolute Gasteiger partial charge is 0.322 e. The zero-order valence-electron chi connectivity index (χ0n) is 17.1. The van der Waals surface area contributed by atoms with E-state index in [9.17, 15) is 13.2 Å². The van der Waals surface area contributed by atoms with Gasteiger partial charge in [0.1, 0.15) is 0 Å². The van der Waals surface area contributed by atoms with Gasteiger partial charge in [0.2, 0.25) is 10.0 Å². The smallest absolute Gasteiger partial charge is 0.256 e. The Kier molecular flexibility index (Phi) is 5.44. The van der Waals surface area contributed by atoms with Gasteiger partial charge in [-0.3, -0.25) is 9.52 Å². The number of nitrogens with zero attached hydrogens (tertiary/aromatic N) is 1. The molecule has 0 unspecified atom stereocenters. The summed E-state index contributed by atoms with van der Waals surface area (Å²) in [5.41, 5.74) is 4.92. The van der Waals surface area contributed by atoms with Crippen LogP contribution in [0.3, 0.4) is 0 Å². The molecule has 0 bridgehead atoms. The van der Waals surface area contributed by atoms with E-state index in [1.54, 1.807) is 30.3 Å². The molecule has 0 saturated carbocycles. The first-order valence-corrected chi connectivity index (χ1v) is 11.5. The fourth-order valence-corrected chi connectivity index (χ4v) is 3.88. The van der Waals surface area contributed by atoms with Gasteiger partial charge in [-0.05, 0) is 49.4 Å². The van der Waals surface area contributed by atoms with Gasteiger partial charge in [0.25, 0.3) is 5.91 Å². The number of nitrogens with one attached hydrogen (secondary N) is 2. The van der Waals surface area contributed by atoms with E-state index in [0.717, 1.165) is 34.0 Å². The third-order valence-electron chi connectivity index (χ3n) is 4.72. The maximum Gasteiger partial charge on any atom is 0.256 e. The molecule has 7 heteroatoms. The van der Waals surface area contributed by atoms with E-state index in [1.165, 1.54) is 0 Å². The monoisotopic (exact) mass is 431 g/mol. The number of carbonyl (C=O) groups is 1. The van der Waals surface area contributed by atoms with Gasteiger partial charge in [0.15, 0.2) is 0 Å². The third-order valence-corrected chi connectivity index (χ3v) is 5.33. The molecular formula is C24H21N3O3S. The number of sulfonamides is 1. The van der Waals surface area contributed by atoms with Crippen molar-refractivity contribution in [2.45, 2.75) is 6.92 Å². The predicted molar refractivity (Wildman–Crippen MR) is 125 cm³/mol. The minimum atomic E-state index is -3.36. The Hall–Kier alpha value is -3.71. The Bertz CT molecular complexity index is 1370. The number of aromatic nitrogens is 1. The lowest BCUT2D eigenvalue weighted by Crippen LogP contribution is -2.13. The molecule has 0 fully saturated rings. The van der Waals surface area contributed by atoms with Gasteiger partial charge < -0.3 is 5.32 Å². The molecule has 4 aromatic rings. The molecular weight excluding hydrogens is 410 g/mol. The third kappa shape index (κ3) is 4.90. The second kappa shape index (κ2) is 8.20. The first-order chi connectivity index (χ1) is 14.8. The molecule has 3 aromatic carbocycles. The Labute approximate surface area is 181 Å². The molecule has 1 amide bonds. The fraction of sp³-hybridized carbons (Fsp3) is 0.0833. The number of aryl methyl sites for hydroxylation is 1. The molecule has 4 rings (SSSR count). The summed E-state index contributed by atoms with van der Waals surface area (Å²) in [6.45, 7) is 1.97. The number of rotatable bonds is 5. The van der Waals surface area contributed by atoms with E-state index in [1.807, 2.05) is 55.5 Å². The van der Waals surface area contributed by atoms with Crippen molar-refractivity contribution < 1.29 is 13.2 Å². The summed E-state index contributed by atoms with van der Waals surface area (Å²) in [5, 5.41) is 3.67. The van der Waals surface area contributed by atoms with Gasteiger partial charge in [-0.15, -0.1) is 0 Å². The molecule has 2 N–H and O–H groups in total. The van der Waals surface area contributed by atoms with Crippen LogP contribution in [0.25, 0.3) is 22.2 Å². The lowest BCUT2D eigenvalue weighted by molar-refractivity contribution is 0.102. The van der Waals surface area contributed by atoms with E-state index in [0.29, 0.717) is 16.9 Å². The molecule has 31 heavy (non-hydrogen) atoms. The van der Waals surface area contributed by atoms with Gasteiger partial charge in [-0.2, -0.15) is 0 Å². The van der Waals surface area contributed by atoms with E-state index in [-0.39, 0.29) is 5.91 Å². The van der Waals surface area contributed by atoms with Crippen LogP contribution in [0.15, 0.2) is 78.9 Å². The highest BCUT2D eigenvalue weighted by Gasteiger charge is 2.15. The summed E-state index contributed by atoms with van der Waals surface area (Å²) in [6, 6.07) is 23.8. The van der Waals surface area contributed by atoms with Crippen LogP contribution in [0.4, 0.5) is 11.4 Å². The Morgan fingerprint density at radius 1 is 0.871 bits per heavy atom. The number of anilines is 2. The highest BCUT2D eigenvalue weighted by molar-refractivity contribution is 7.92. The molecule has 0 atom stereocenters. The van der Waals surface area contributed by atoms with Crippen molar-refractivity contribution in [1.29, 1.82) is 0 Å². The van der Waals surface area contributed by atoms with Crippen LogP contribution in [0.2, 0.25) is 0 Å². The first-order valence-electron chi connectivity index (χ1n) is 9.64. The van der Waals surface area contributed by atoms with Crippen LogP contribution in [0.1, 0.15) is 15.9 Å². The molecule has 0 aliphatic rings. The summed E-state index contributed by atoms with van der Waals surface area (Å²) in [6.07, 6.45) is 1.09. The van der Waals surface area contributed by atoms with Crippen LogP contribution in [0, 0.1) is 6.92 Å². The highest BCUT2D eigenvalue weighted by atomic mass is 32.2. The number of carbonyl (C=O) groups excluding carboxylic acids is 1. The van der Waals surface area contributed by atoms with Crippen LogP contribution in [-0.2, 0) is 10.0 Å². The molecule has 0 spiro atoms. The zero-order valence-corrected chi connectivity index (χ0v) is 17.9. The molecule has 0 saturated heterocycles. The molecule has 1 aromatic heterocycles. The maximum atomic E-state index is 13.2. The van der Waals surface area contributed by atoms with Crippen LogP contribution < -0.4 is 10.0 Å². The first kappa shape index (κ1) is 20.6. The molecule has 0 aliphatic heterocycles. The lowest BCUT2D eigenvalue weighted by atomic mass is 10.0. The Balaban J connectivity index is 1.70. The van der Waals surface area contributed by atoms with Crippen molar-refractivity contribution in [3.63, 3.8) is 0 Å². The molecule has 1 heterocycles. The Morgan fingerprint density at radius 2 is 1.55 bits per heavy atom. The quantitative estimate of drug-likeness (QED) is 0.474. The van der Waals surface area contributed by atoms with Crippen LogP contribution >= 0.6 is 0 Å². The number of fused-ring (bicyclic) bond motifs is 1. The van der Waals surface area contributed by atoms with Crippen molar-refractivity contribution >= 4 is 38.2 Å². The average Bonchev–Trinajstić information content (AvgIpc) is 2.74. The lowest BCUT2D eigenvalue weighted by Gasteiger charge is -2.12. The zero-order chi connectivity index (χ0) is 22.0.